The SMILES string of the molecule is COc1ccc(NC(=O)c2ccccc2Nc2cccc(C)c2C)cc1S(=O)(=O)N1CCOCC1. The van der Waals surface area contributed by atoms with Crippen LogP contribution in [0.15, 0.2) is 65.6 Å². The minimum absolute atomic E-state index is 0.00138. The molecule has 4 rings (SSSR count). The molecule has 3 aromatic rings. The van der Waals surface area contributed by atoms with Crippen molar-refractivity contribution in [2.24, 2.45) is 0 Å². The molecule has 1 heterocycles. The van der Waals surface area contributed by atoms with E-state index in [2.05, 4.69) is 10.6 Å². The van der Waals surface area contributed by atoms with Crippen molar-refractivity contribution in [3.05, 3.63) is 77.4 Å². The van der Waals surface area contributed by atoms with Gasteiger partial charge in [0.2, 0.25) is 10.0 Å². The molecular weight excluding hydrogens is 466 g/mol. The highest BCUT2D eigenvalue weighted by Crippen LogP contribution is 2.31. The van der Waals surface area contributed by atoms with Crippen molar-refractivity contribution in [1.29, 1.82) is 0 Å². The molecule has 0 radical (unpaired) electrons. The van der Waals surface area contributed by atoms with E-state index in [-0.39, 0.29) is 29.6 Å². The number of ether oxygens (including phenoxy) is 2. The minimum atomic E-state index is -3.82. The molecule has 35 heavy (non-hydrogen) atoms. The summed E-state index contributed by atoms with van der Waals surface area (Å²) >= 11 is 0. The summed E-state index contributed by atoms with van der Waals surface area (Å²) in [6.45, 7) is 5.25. The molecule has 0 atom stereocenters. The number of aryl methyl sites for hydroxylation is 1. The molecule has 0 saturated carbocycles. The number of hydrogen-bond donors (Lipinski definition) is 2. The molecule has 3 aromatic carbocycles. The molecular formula is C26H29N3O5S. The van der Waals surface area contributed by atoms with Crippen LogP contribution in [0.1, 0.15) is 21.5 Å². The summed E-state index contributed by atoms with van der Waals surface area (Å²) < 4.78 is 38.5. The zero-order valence-electron chi connectivity index (χ0n) is 20.0. The number of anilines is 3. The van der Waals surface area contributed by atoms with Crippen molar-refractivity contribution in [1.82, 2.24) is 4.31 Å². The fourth-order valence-electron chi connectivity index (χ4n) is 3.90. The molecule has 0 spiro atoms. The Morgan fingerprint density at radius 1 is 0.971 bits per heavy atom. The molecule has 0 aliphatic carbocycles. The largest absolute Gasteiger partial charge is 0.495 e. The van der Waals surface area contributed by atoms with Gasteiger partial charge in [-0.05, 0) is 61.4 Å². The lowest BCUT2D eigenvalue weighted by Gasteiger charge is -2.26. The second-order valence-electron chi connectivity index (χ2n) is 8.25. The summed E-state index contributed by atoms with van der Waals surface area (Å²) in [6, 6.07) is 17.7. The topological polar surface area (TPSA) is 97.0 Å². The molecule has 8 nitrogen and oxygen atoms in total. The molecule has 2 N–H and O–H groups in total. The van der Waals surface area contributed by atoms with E-state index in [9.17, 15) is 13.2 Å². The number of rotatable bonds is 7. The van der Waals surface area contributed by atoms with Gasteiger partial charge in [0.05, 0.1) is 31.6 Å². The van der Waals surface area contributed by atoms with Crippen molar-refractivity contribution in [3.8, 4) is 5.75 Å². The standard InChI is InChI=1S/C26H29N3O5S/c1-18-7-6-10-22(19(18)2)28-23-9-5-4-8-21(23)26(30)27-20-11-12-24(33-3)25(17-20)35(31,32)29-13-15-34-16-14-29/h4-12,17,28H,13-16H2,1-3H3,(H,27,30). The Balaban J connectivity index is 1.61. The number of amides is 1. The first kappa shape index (κ1) is 24.7. The quantitative estimate of drug-likeness (QED) is 0.507. The normalized spacial score (nSPS) is 14.4. The predicted octanol–water partition coefficient (Wildman–Crippen LogP) is 4.33. The zero-order valence-corrected chi connectivity index (χ0v) is 20.8. The number of nitrogens with zero attached hydrogens (tertiary/aromatic N) is 1. The third kappa shape index (κ3) is 5.32. The average molecular weight is 496 g/mol. The summed E-state index contributed by atoms with van der Waals surface area (Å²) in [5, 5.41) is 6.18. The maximum Gasteiger partial charge on any atom is 0.257 e. The smallest absolute Gasteiger partial charge is 0.257 e. The highest BCUT2D eigenvalue weighted by molar-refractivity contribution is 7.89. The van der Waals surface area contributed by atoms with Crippen LogP contribution in [0, 0.1) is 13.8 Å². The van der Waals surface area contributed by atoms with Crippen molar-refractivity contribution in [3.63, 3.8) is 0 Å². The molecule has 0 aromatic heterocycles. The molecule has 1 aliphatic heterocycles. The van der Waals surface area contributed by atoms with Crippen molar-refractivity contribution in [2.45, 2.75) is 18.7 Å². The van der Waals surface area contributed by atoms with Crippen molar-refractivity contribution < 1.29 is 22.7 Å². The van der Waals surface area contributed by atoms with E-state index in [0.717, 1.165) is 16.8 Å². The van der Waals surface area contributed by atoms with Gasteiger partial charge in [0.1, 0.15) is 10.6 Å². The highest BCUT2D eigenvalue weighted by atomic mass is 32.2. The fraction of sp³-hybridized carbons (Fsp3) is 0.269. The van der Waals surface area contributed by atoms with Gasteiger partial charge >= 0.3 is 0 Å². The number of carbonyl (C=O) groups is 1. The highest BCUT2D eigenvalue weighted by Gasteiger charge is 2.29. The number of hydrogen-bond acceptors (Lipinski definition) is 6. The van der Waals surface area contributed by atoms with Gasteiger partial charge in [-0.3, -0.25) is 4.79 Å². The van der Waals surface area contributed by atoms with Crippen LogP contribution in [0.4, 0.5) is 17.1 Å². The second-order valence-corrected chi connectivity index (χ2v) is 10.2. The van der Waals surface area contributed by atoms with Gasteiger partial charge in [0.15, 0.2) is 0 Å². The van der Waals surface area contributed by atoms with Gasteiger partial charge in [-0.1, -0.05) is 24.3 Å². The van der Waals surface area contributed by atoms with Gasteiger partial charge in [-0.25, -0.2) is 8.42 Å². The number of methoxy groups -OCH3 is 1. The Morgan fingerprint density at radius 3 is 2.43 bits per heavy atom. The van der Waals surface area contributed by atoms with Gasteiger partial charge in [0.25, 0.3) is 5.91 Å². The van der Waals surface area contributed by atoms with E-state index in [1.54, 1.807) is 24.3 Å². The van der Waals surface area contributed by atoms with E-state index >= 15 is 0 Å². The Labute approximate surface area is 205 Å². The number of benzene rings is 3. The molecule has 0 unspecified atom stereocenters. The van der Waals surface area contributed by atoms with Gasteiger partial charge in [-0.2, -0.15) is 4.31 Å². The monoisotopic (exact) mass is 495 g/mol. The molecule has 1 aliphatic rings. The Kier molecular flexibility index (Phi) is 7.39. The first-order valence-corrected chi connectivity index (χ1v) is 12.7. The minimum Gasteiger partial charge on any atom is -0.495 e. The average Bonchev–Trinajstić information content (AvgIpc) is 2.87. The molecule has 1 saturated heterocycles. The van der Waals surface area contributed by atoms with Crippen LogP contribution in [0.3, 0.4) is 0 Å². The molecule has 1 fully saturated rings. The predicted molar refractivity (Wildman–Crippen MR) is 136 cm³/mol. The molecule has 9 heteroatoms. The van der Waals surface area contributed by atoms with Crippen LogP contribution in [0.25, 0.3) is 0 Å². The summed E-state index contributed by atoms with van der Waals surface area (Å²) in [7, 11) is -2.40. The Hall–Kier alpha value is -3.40. The number of morpholine rings is 1. The lowest BCUT2D eigenvalue weighted by molar-refractivity contribution is 0.0729. The Morgan fingerprint density at radius 2 is 1.69 bits per heavy atom. The fourth-order valence-corrected chi connectivity index (χ4v) is 5.49. The van der Waals surface area contributed by atoms with Gasteiger partial charge < -0.3 is 20.1 Å². The summed E-state index contributed by atoms with van der Waals surface area (Å²) in [4.78, 5) is 13.2. The van der Waals surface area contributed by atoms with E-state index in [4.69, 9.17) is 9.47 Å². The van der Waals surface area contributed by atoms with E-state index in [0.29, 0.717) is 30.2 Å². The first-order valence-electron chi connectivity index (χ1n) is 11.3. The lowest BCUT2D eigenvalue weighted by atomic mass is 10.1. The molecule has 0 bridgehead atoms. The maximum atomic E-state index is 13.3. The summed E-state index contributed by atoms with van der Waals surface area (Å²) in [5.41, 5.74) is 4.58. The third-order valence-electron chi connectivity index (χ3n) is 6.06. The second kappa shape index (κ2) is 10.5. The molecule has 1 amide bonds. The number of nitrogens with one attached hydrogen (secondary N) is 2. The van der Waals surface area contributed by atoms with E-state index in [1.165, 1.54) is 17.5 Å². The summed E-state index contributed by atoms with van der Waals surface area (Å²) in [6.07, 6.45) is 0. The lowest BCUT2D eigenvalue weighted by Crippen LogP contribution is -2.40. The van der Waals surface area contributed by atoms with Crippen LogP contribution in [-0.2, 0) is 14.8 Å². The number of para-hydroxylation sites is 1. The van der Waals surface area contributed by atoms with Crippen molar-refractivity contribution >= 4 is 33.0 Å². The summed E-state index contributed by atoms with van der Waals surface area (Å²) in [5.74, 6) is -0.148. The molecule has 184 valence electrons. The Bertz CT molecular complexity index is 1330. The van der Waals surface area contributed by atoms with Crippen LogP contribution >= 0.6 is 0 Å². The maximum absolute atomic E-state index is 13.3. The van der Waals surface area contributed by atoms with Crippen LogP contribution < -0.4 is 15.4 Å². The van der Waals surface area contributed by atoms with Crippen LogP contribution in [0.5, 0.6) is 5.75 Å². The van der Waals surface area contributed by atoms with Gasteiger partial charge in [-0.15, -0.1) is 0 Å². The first-order chi connectivity index (χ1) is 16.8. The van der Waals surface area contributed by atoms with Crippen molar-refractivity contribution in [2.75, 3.05) is 44.0 Å². The van der Waals surface area contributed by atoms with Crippen LogP contribution in [0.2, 0.25) is 0 Å². The number of sulfonamides is 1. The van der Waals surface area contributed by atoms with E-state index in [1.807, 2.05) is 44.2 Å². The zero-order chi connectivity index (χ0) is 25.0. The van der Waals surface area contributed by atoms with Crippen LogP contribution in [-0.4, -0.2) is 52.0 Å². The van der Waals surface area contributed by atoms with E-state index < -0.39 is 10.0 Å². The van der Waals surface area contributed by atoms with Gasteiger partial charge in [0, 0.05) is 24.5 Å². The third-order valence-corrected chi connectivity index (χ3v) is 7.97. The number of carbonyl (C=O) groups excluding carboxylic acids is 1.